The SMILES string of the molecule is Cl.Cl.O=S1(=O)Cc2nc(-c3cc(F)c(Cl)cc3F)nc(N3CCC4(CCNC4)CC3)c2C1. The number of hydrogen-bond donors (Lipinski definition) is 1. The van der Waals surface area contributed by atoms with E-state index in [1.54, 1.807) is 0 Å². The number of fused-ring (bicyclic) bond motifs is 1. The number of hydrogen-bond acceptors (Lipinski definition) is 6. The molecule has 3 aliphatic heterocycles. The Morgan fingerprint density at radius 2 is 1.75 bits per heavy atom. The molecule has 3 aliphatic rings. The number of nitrogens with one attached hydrogen (secondary N) is 1. The maximum Gasteiger partial charge on any atom is 0.164 e. The summed E-state index contributed by atoms with van der Waals surface area (Å²) >= 11 is 5.67. The van der Waals surface area contributed by atoms with E-state index in [2.05, 4.69) is 20.2 Å². The Balaban J connectivity index is 0.00000144. The van der Waals surface area contributed by atoms with E-state index >= 15 is 0 Å². The van der Waals surface area contributed by atoms with Crippen LogP contribution in [-0.4, -0.2) is 44.6 Å². The van der Waals surface area contributed by atoms with E-state index in [0.29, 0.717) is 17.1 Å². The molecule has 2 saturated heterocycles. The van der Waals surface area contributed by atoms with Crippen LogP contribution in [0.2, 0.25) is 5.02 Å². The van der Waals surface area contributed by atoms with Crippen LogP contribution in [0, 0.1) is 17.0 Å². The highest BCUT2D eigenvalue weighted by Crippen LogP contribution is 2.41. The molecule has 4 heterocycles. The summed E-state index contributed by atoms with van der Waals surface area (Å²) in [6, 6.07) is 1.85. The first-order chi connectivity index (χ1) is 14.3. The molecule has 0 amide bonds. The molecule has 2 fully saturated rings. The highest BCUT2D eigenvalue weighted by molar-refractivity contribution is 7.90. The largest absolute Gasteiger partial charge is 0.356 e. The summed E-state index contributed by atoms with van der Waals surface area (Å²) in [6.45, 7) is 3.49. The topological polar surface area (TPSA) is 75.2 Å². The summed E-state index contributed by atoms with van der Waals surface area (Å²) in [7, 11) is -3.34. The number of halogens is 5. The van der Waals surface area contributed by atoms with Crippen molar-refractivity contribution in [2.45, 2.75) is 30.8 Å². The van der Waals surface area contributed by atoms with Crippen LogP contribution in [0.3, 0.4) is 0 Å². The Labute approximate surface area is 202 Å². The lowest BCUT2D eigenvalue weighted by molar-refractivity contribution is 0.247. The fourth-order valence-electron chi connectivity index (χ4n) is 4.75. The molecule has 6 nitrogen and oxygen atoms in total. The third-order valence-electron chi connectivity index (χ3n) is 6.50. The number of rotatable bonds is 2. The molecule has 1 aromatic heterocycles. The van der Waals surface area contributed by atoms with Gasteiger partial charge in [-0.1, -0.05) is 11.6 Å². The van der Waals surface area contributed by atoms with Crippen LogP contribution in [0.15, 0.2) is 12.1 Å². The van der Waals surface area contributed by atoms with E-state index in [9.17, 15) is 17.2 Å². The predicted molar refractivity (Wildman–Crippen MR) is 125 cm³/mol. The second kappa shape index (κ2) is 9.18. The Kier molecular flexibility index (Phi) is 7.27. The first-order valence-electron chi connectivity index (χ1n) is 9.96. The molecule has 0 bridgehead atoms. The molecular formula is C20H23Cl3F2N4O2S. The van der Waals surface area contributed by atoms with Gasteiger partial charge in [0.05, 0.1) is 27.8 Å². The van der Waals surface area contributed by atoms with Crippen LogP contribution >= 0.6 is 36.4 Å². The quantitative estimate of drug-likeness (QED) is 0.597. The number of anilines is 1. The Morgan fingerprint density at radius 1 is 1.03 bits per heavy atom. The van der Waals surface area contributed by atoms with Gasteiger partial charge in [-0.05, 0) is 43.4 Å². The van der Waals surface area contributed by atoms with Gasteiger partial charge in [0.15, 0.2) is 15.7 Å². The van der Waals surface area contributed by atoms with E-state index in [-0.39, 0.29) is 58.1 Å². The van der Waals surface area contributed by atoms with Crippen LogP contribution in [-0.2, 0) is 21.3 Å². The summed E-state index contributed by atoms with van der Waals surface area (Å²) in [5.74, 6) is -1.37. The summed E-state index contributed by atoms with van der Waals surface area (Å²) in [6.07, 6.45) is 3.09. The zero-order chi connectivity index (χ0) is 21.1. The van der Waals surface area contributed by atoms with Crippen LogP contribution in [0.5, 0.6) is 0 Å². The zero-order valence-electron chi connectivity index (χ0n) is 17.0. The maximum absolute atomic E-state index is 14.5. The van der Waals surface area contributed by atoms with Gasteiger partial charge >= 0.3 is 0 Å². The minimum Gasteiger partial charge on any atom is -0.356 e. The minimum absolute atomic E-state index is 0. The van der Waals surface area contributed by atoms with Crippen molar-refractivity contribution in [3.8, 4) is 11.4 Å². The number of sulfone groups is 1. The standard InChI is InChI=1S/C20H21ClF2N4O2S.2ClH/c21-14-8-15(22)12(7-16(14)23)18-25-17-10-30(28,29)9-13(17)19(26-18)27-5-2-20(3-6-27)1-4-24-11-20;;/h7-8,24H,1-6,9-11H2;2*1H. The van der Waals surface area contributed by atoms with E-state index in [4.69, 9.17) is 11.6 Å². The predicted octanol–water partition coefficient (Wildman–Crippen LogP) is 3.93. The molecule has 32 heavy (non-hydrogen) atoms. The van der Waals surface area contributed by atoms with Gasteiger partial charge in [-0.3, -0.25) is 0 Å². The normalized spacial score (nSPS) is 20.5. The number of aromatic nitrogens is 2. The maximum atomic E-state index is 14.5. The molecule has 1 N–H and O–H groups in total. The van der Waals surface area contributed by atoms with Gasteiger partial charge in [0.1, 0.15) is 17.5 Å². The smallest absolute Gasteiger partial charge is 0.164 e. The van der Waals surface area contributed by atoms with E-state index in [0.717, 1.165) is 57.6 Å². The van der Waals surface area contributed by atoms with E-state index in [1.807, 2.05) is 0 Å². The van der Waals surface area contributed by atoms with Gasteiger partial charge in [-0.2, -0.15) is 0 Å². The van der Waals surface area contributed by atoms with Gasteiger partial charge in [0.2, 0.25) is 0 Å². The zero-order valence-corrected chi connectivity index (χ0v) is 20.2. The lowest BCUT2D eigenvalue weighted by Gasteiger charge is -2.40. The Morgan fingerprint density at radius 3 is 2.41 bits per heavy atom. The summed E-state index contributed by atoms with van der Waals surface area (Å²) < 4.78 is 53.1. The third kappa shape index (κ3) is 4.55. The van der Waals surface area contributed by atoms with Crippen LogP contribution in [0.25, 0.3) is 11.4 Å². The molecule has 1 spiro atoms. The number of piperidine rings is 1. The average molecular weight is 528 g/mol. The van der Waals surface area contributed by atoms with Crippen molar-refractivity contribution in [2.24, 2.45) is 5.41 Å². The fourth-order valence-corrected chi connectivity index (χ4v) is 6.40. The van der Waals surface area contributed by atoms with Crippen molar-refractivity contribution in [1.82, 2.24) is 15.3 Å². The van der Waals surface area contributed by atoms with Crippen molar-refractivity contribution in [2.75, 3.05) is 31.1 Å². The average Bonchev–Trinajstić information content (AvgIpc) is 3.27. The molecule has 1 aromatic carbocycles. The summed E-state index contributed by atoms with van der Waals surface area (Å²) in [5.41, 5.74) is 1.10. The van der Waals surface area contributed by atoms with Gasteiger partial charge in [0.25, 0.3) is 0 Å². The van der Waals surface area contributed by atoms with E-state index in [1.165, 1.54) is 0 Å². The fraction of sp³-hybridized carbons (Fsp3) is 0.500. The van der Waals surface area contributed by atoms with Gasteiger partial charge in [-0.25, -0.2) is 27.2 Å². The molecule has 0 radical (unpaired) electrons. The van der Waals surface area contributed by atoms with Crippen LogP contribution in [0.4, 0.5) is 14.6 Å². The van der Waals surface area contributed by atoms with E-state index < -0.39 is 21.5 Å². The first kappa shape index (κ1) is 25.4. The molecule has 5 rings (SSSR count). The molecule has 0 aliphatic carbocycles. The van der Waals surface area contributed by atoms with Crippen molar-refractivity contribution in [3.63, 3.8) is 0 Å². The van der Waals surface area contributed by atoms with Crippen molar-refractivity contribution in [3.05, 3.63) is 40.0 Å². The molecule has 0 saturated carbocycles. The van der Waals surface area contributed by atoms with Crippen molar-refractivity contribution >= 4 is 52.1 Å². The number of nitrogens with zero attached hydrogens (tertiary/aromatic N) is 3. The first-order valence-corrected chi connectivity index (χ1v) is 12.2. The van der Waals surface area contributed by atoms with Crippen LogP contribution in [0.1, 0.15) is 30.5 Å². The highest BCUT2D eigenvalue weighted by Gasteiger charge is 2.39. The molecule has 0 unspecified atom stereocenters. The van der Waals surface area contributed by atoms with Crippen LogP contribution < -0.4 is 10.2 Å². The molecule has 2 aromatic rings. The lowest BCUT2D eigenvalue weighted by atomic mass is 9.78. The van der Waals surface area contributed by atoms with Crippen molar-refractivity contribution in [1.29, 1.82) is 0 Å². The molecule has 0 atom stereocenters. The monoisotopic (exact) mass is 526 g/mol. The van der Waals surface area contributed by atoms with Gasteiger partial charge < -0.3 is 10.2 Å². The molecular weight excluding hydrogens is 505 g/mol. The second-order valence-electron chi connectivity index (χ2n) is 8.49. The molecule has 176 valence electrons. The summed E-state index contributed by atoms with van der Waals surface area (Å²) in [5, 5.41) is 3.10. The Bertz CT molecular complexity index is 1130. The summed E-state index contributed by atoms with van der Waals surface area (Å²) in [4.78, 5) is 10.9. The molecule has 12 heteroatoms. The third-order valence-corrected chi connectivity index (χ3v) is 8.23. The highest BCUT2D eigenvalue weighted by atomic mass is 35.5. The second-order valence-corrected chi connectivity index (χ2v) is 11.0. The Hall–Kier alpha value is -1.26. The van der Waals surface area contributed by atoms with Crippen molar-refractivity contribution < 1.29 is 17.2 Å². The van der Waals surface area contributed by atoms with Gasteiger partial charge in [0, 0.05) is 25.2 Å². The minimum atomic E-state index is -3.34. The number of benzene rings is 1. The lowest BCUT2D eigenvalue weighted by Crippen LogP contribution is -2.42. The van der Waals surface area contributed by atoms with Gasteiger partial charge in [-0.15, -0.1) is 24.8 Å².